The third kappa shape index (κ3) is 3.16. The average Bonchev–Trinajstić information content (AvgIpc) is 2.53. The van der Waals surface area contributed by atoms with E-state index < -0.39 is 0 Å². The van der Waals surface area contributed by atoms with E-state index in [0.29, 0.717) is 6.61 Å². The Morgan fingerprint density at radius 2 is 2.10 bits per heavy atom. The minimum Gasteiger partial charge on any atom is -0.496 e. The maximum Gasteiger partial charge on any atom is 0.143 e. The molecule has 3 rings (SSSR count). The lowest BCUT2D eigenvalue weighted by Gasteiger charge is -2.21. The molecule has 1 heterocycles. The van der Waals surface area contributed by atoms with Crippen molar-refractivity contribution in [1.82, 2.24) is 0 Å². The molecule has 0 spiro atoms. The topological polar surface area (TPSA) is 30.5 Å². The van der Waals surface area contributed by atoms with Crippen LogP contribution in [0.3, 0.4) is 0 Å². The van der Waals surface area contributed by atoms with E-state index in [-0.39, 0.29) is 0 Å². The monoisotopic (exact) mass is 347 g/mol. The van der Waals surface area contributed by atoms with E-state index in [1.54, 1.807) is 7.11 Å². The molecule has 3 nitrogen and oxygen atoms in total. The van der Waals surface area contributed by atoms with Crippen LogP contribution in [0.5, 0.6) is 11.5 Å². The van der Waals surface area contributed by atoms with Gasteiger partial charge in [0.2, 0.25) is 0 Å². The van der Waals surface area contributed by atoms with Crippen LogP contribution in [-0.2, 0) is 13.0 Å². The van der Waals surface area contributed by atoms with Gasteiger partial charge < -0.3 is 14.8 Å². The zero-order chi connectivity index (χ0) is 14.7. The Morgan fingerprint density at radius 3 is 2.95 bits per heavy atom. The third-order valence-electron chi connectivity index (χ3n) is 3.66. The number of aryl methyl sites for hydroxylation is 1. The molecule has 0 aromatic heterocycles. The Labute approximate surface area is 133 Å². The molecular weight excluding hydrogens is 330 g/mol. The first-order chi connectivity index (χ1) is 10.3. The van der Waals surface area contributed by atoms with Gasteiger partial charge in [-0.15, -0.1) is 0 Å². The van der Waals surface area contributed by atoms with Gasteiger partial charge in [-0.1, -0.05) is 28.1 Å². The van der Waals surface area contributed by atoms with Crippen LogP contribution >= 0.6 is 15.9 Å². The van der Waals surface area contributed by atoms with Gasteiger partial charge in [-0.2, -0.15) is 0 Å². The van der Waals surface area contributed by atoms with Crippen LogP contribution in [0.1, 0.15) is 17.5 Å². The highest BCUT2D eigenvalue weighted by molar-refractivity contribution is 9.10. The van der Waals surface area contributed by atoms with E-state index in [4.69, 9.17) is 9.47 Å². The summed E-state index contributed by atoms with van der Waals surface area (Å²) in [5.41, 5.74) is 3.50. The molecule has 0 saturated heterocycles. The quantitative estimate of drug-likeness (QED) is 0.889. The normalized spacial score (nSPS) is 13.2. The standard InChI is InChI=1S/C17H18BrNO2/c1-20-15-8-7-14(18)10-13(15)11-21-16-6-2-4-12-5-3-9-19-17(12)16/h2,4,6-8,10,19H,3,5,9,11H2,1H3. The summed E-state index contributed by atoms with van der Waals surface area (Å²) in [7, 11) is 1.68. The summed E-state index contributed by atoms with van der Waals surface area (Å²) >= 11 is 3.49. The highest BCUT2D eigenvalue weighted by atomic mass is 79.9. The summed E-state index contributed by atoms with van der Waals surface area (Å²) in [5, 5.41) is 3.44. The predicted molar refractivity (Wildman–Crippen MR) is 88.3 cm³/mol. The molecule has 0 aliphatic carbocycles. The SMILES string of the molecule is COc1ccc(Br)cc1COc1cccc2c1NCCC2. The number of rotatable bonds is 4. The van der Waals surface area contributed by atoms with Crippen LogP contribution in [0.15, 0.2) is 40.9 Å². The number of halogens is 1. The summed E-state index contributed by atoms with van der Waals surface area (Å²) in [6.45, 7) is 1.49. The van der Waals surface area contributed by atoms with Crippen LogP contribution in [0.2, 0.25) is 0 Å². The van der Waals surface area contributed by atoms with Gasteiger partial charge in [-0.3, -0.25) is 0 Å². The number of anilines is 1. The molecule has 1 aliphatic heterocycles. The first-order valence-electron chi connectivity index (χ1n) is 7.09. The number of methoxy groups -OCH3 is 1. The Balaban J connectivity index is 1.81. The number of fused-ring (bicyclic) bond motifs is 1. The molecule has 2 aromatic rings. The molecule has 0 atom stereocenters. The van der Waals surface area contributed by atoms with Crippen molar-refractivity contribution in [3.8, 4) is 11.5 Å². The summed E-state index contributed by atoms with van der Waals surface area (Å²) in [6.07, 6.45) is 2.29. The second kappa shape index (κ2) is 6.39. The van der Waals surface area contributed by atoms with Crippen molar-refractivity contribution in [3.05, 3.63) is 52.0 Å². The van der Waals surface area contributed by atoms with Crippen molar-refractivity contribution in [1.29, 1.82) is 0 Å². The zero-order valence-electron chi connectivity index (χ0n) is 12.0. The maximum absolute atomic E-state index is 6.02. The summed E-state index contributed by atoms with van der Waals surface area (Å²) in [5.74, 6) is 1.75. The average molecular weight is 348 g/mol. The molecule has 0 amide bonds. The summed E-state index contributed by atoms with van der Waals surface area (Å²) < 4.78 is 12.4. The van der Waals surface area contributed by atoms with E-state index in [9.17, 15) is 0 Å². The molecule has 0 bridgehead atoms. The fourth-order valence-electron chi connectivity index (χ4n) is 2.61. The highest BCUT2D eigenvalue weighted by Gasteiger charge is 2.14. The van der Waals surface area contributed by atoms with Crippen molar-refractivity contribution in [2.75, 3.05) is 19.0 Å². The van der Waals surface area contributed by atoms with Gasteiger partial charge in [-0.05, 0) is 42.7 Å². The molecule has 1 aliphatic rings. The molecule has 0 radical (unpaired) electrons. The zero-order valence-corrected chi connectivity index (χ0v) is 13.6. The lowest BCUT2D eigenvalue weighted by atomic mass is 10.0. The molecule has 2 aromatic carbocycles. The van der Waals surface area contributed by atoms with Crippen LogP contribution in [-0.4, -0.2) is 13.7 Å². The van der Waals surface area contributed by atoms with Gasteiger partial charge in [0.15, 0.2) is 0 Å². The van der Waals surface area contributed by atoms with Gasteiger partial charge in [0, 0.05) is 16.6 Å². The van der Waals surface area contributed by atoms with Gasteiger partial charge in [0.25, 0.3) is 0 Å². The lowest BCUT2D eigenvalue weighted by Crippen LogP contribution is -2.13. The largest absolute Gasteiger partial charge is 0.496 e. The van der Waals surface area contributed by atoms with E-state index in [1.165, 1.54) is 12.0 Å². The van der Waals surface area contributed by atoms with E-state index in [2.05, 4.69) is 33.4 Å². The minimum absolute atomic E-state index is 0.487. The van der Waals surface area contributed by atoms with Crippen molar-refractivity contribution >= 4 is 21.6 Å². The fourth-order valence-corrected chi connectivity index (χ4v) is 3.02. The molecule has 4 heteroatoms. The van der Waals surface area contributed by atoms with E-state index in [1.807, 2.05) is 24.3 Å². The Morgan fingerprint density at radius 1 is 1.19 bits per heavy atom. The molecule has 21 heavy (non-hydrogen) atoms. The molecule has 110 valence electrons. The molecule has 0 fully saturated rings. The fraction of sp³-hybridized carbons (Fsp3) is 0.294. The van der Waals surface area contributed by atoms with Gasteiger partial charge >= 0.3 is 0 Å². The smallest absolute Gasteiger partial charge is 0.143 e. The lowest BCUT2D eigenvalue weighted by molar-refractivity contribution is 0.297. The van der Waals surface area contributed by atoms with Crippen molar-refractivity contribution in [2.45, 2.75) is 19.4 Å². The molecule has 0 unspecified atom stereocenters. The highest BCUT2D eigenvalue weighted by Crippen LogP contribution is 2.33. The maximum atomic E-state index is 6.02. The molecule has 0 saturated carbocycles. The Kier molecular flexibility index (Phi) is 4.34. The molecule has 1 N–H and O–H groups in total. The van der Waals surface area contributed by atoms with Crippen LogP contribution in [0, 0.1) is 0 Å². The van der Waals surface area contributed by atoms with E-state index in [0.717, 1.165) is 40.2 Å². The van der Waals surface area contributed by atoms with Crippen molar-refractivity contribution in [2.24, 2.45) is 0 Å². The van der Waals surface area contributed by atoms with Crippen molar-refractivity contribution < 1.29 is 9.47 Å². The number of hydrogen-bond acceptors (Lipinski definition) is 3. The van der Waals surface area contributed by atoms with Gasteiger partial charge in [-0.25, -0.2) is 0 Å². The van der Waals surface area contributed by atoms with Crippen molar-refractivity contribution in [3.63, 3.8) is 0 Å². The summed E-state index contributed by atoms with van der Waals surface area (Å²) in [4.78, 5) is 0. The minimum atomic E-state index is 0.487. The van der Waals surface area contributed by atoms with Crippen LogP contribution < -0.4 is 14.8 Å². The number of nitrogens with one attached hydrogen (secondary N) is 1. The predicted octanol–water partition coefficient (Wildman–Crippen LogP) is 4.39. The molecular formula is C17H18BrNO2. The van der Waals surface area contributed by atoms with Gasteiger partial charge in [0.1, 0.15) is 18.1 Å². The summed E-state index contributed by atoms with van der Waals surface area (Å²) in [6, 6.07) is 12.2. The van der Waals surface area contributed by atoms with Crippen LogP contribution in [0.25, 0.3) is 0 Å². The third-order valence-corrected chi connectivity index (χ3v) is 4.16. The first kappa shape index (κ1) is 14.3. The van der Waals surface area contributed by atoms with E-state index >= 15 is 0 Å². The number of ether oxygens (including phenoxy) is 2. The number of para-hydroxylation sites is 1. The number of hydrogen-bond donors (Lipinski definition) is 1. The second-order valence-electron chi connectivity index (χ2n) is 5.07. The second-order valence-corrected chi connectivity index (χ2v) is 5.98. The van der Waals surface area contributed by atoms with Crippen LogP contribution in [0.4, 0.5) is 5.69 Å². The number of benzene rings is 2. The Hall–Kier alpha value is -1.68. The van der Waals surface area contributed by atoms with Gasteiger partial charge in [0.05, 0.1) is 12.8 Å². The first-order valence-corrected chi connectivity index (χ1v) is 7.88. The Bertz CT molecular complexity index is 643.